The van der Waals surface area contributed by atoms with Gasteiger partial charge in [0.1, 0.15) is 0 Å². The molecule has 0 aromatic carbocycles. The van der Waals surface area contributed by atoms with Crippen LogP contribution in [0.5, 0.6) is 0 Å². The molecule has 1 atom stereocenters. The highest BCUT2D eigenvalue weighted by molar-refractivity contribution is 6.13. The van der Waals surface area contributed by atoms with E-state index >= 15 is 0 Å². The lowest BCUT2D eigenvalue weighted by molar-refractivity contribution is 0.291. The van der Waals surface area contributed by atoms with Gasteiger partial charge in [-0.3, -0.25) is 4.98 Å². The van der Waals surface area contributed by atoms with E-state index in [2.05, 4.69) is 11.1 Å². The molecule has 3 heteroatoms. The molecule has 1 saturated heterocycles. The van der Waals surface area contributed by atoms with Crippen molar-refractivity contribution in [3.8, 4) is 0 Å². The Bertz CT molecular complexity index is 289. The molecular weight excluding hydrogens is 208 g/mol. The molecule has 2 rings (SSSR count). The van der Waals surface area contributed by atoms with Crippen LogP contribution >= 0.6 is 11.8 Å². The van der Waals surface area contributed by atoms with Crippen molar-refractivity contribution in [2.75, 3.05) is 6.54 Å². The van der Waals surface area contributed by atoms with Crippen molar-refractivity contribution in [1.82, 2.24) is 9.40 Å². The summed E-state index contributed by atoms with van der Waals surface area (Å²) in [5, 5.41) is 0. The van der Waals surface area contributed by atoms with Crippen LogP contribution in [0.2, 0.25) is 0 Å². The molecule has 15 heavy (non-hydrogen) atoms. The second kappa shape index (κ2) is 5.47. The molecule has 0 amide bonds. The smallest absolute Gasteiger partial charge is 0.0516 e. The first-order valence-electron chi connectivity index (χ1n) is 5.70. The van der Waals surface area contributed by atoms with Crippen LogP contribution in [0.15, 0.2) is 24.5 Å². The van der Waals surface area contributed by atoms with Gasteiger partial charge >= 0.3 is 0 Å². The third-order valence-electron chi connectivity index (χ3n) is 3.01. The Morgan fingerprint density at radius 1 is 1.27 bits per heavy atom. The maximum atomic E-state index is 6.30. The van der Waals surface area contributed by atoms with Crippen molar-refractivity contribution in [1.29, 1.82) is 0 Å². The number of aromatic nitrogens is 1. The summed E-state index contributed by atoms with van der Waals surface area (Å²) in [4.78, 5) is 4.16. The standard InChI is InChI=1S/C12H17ClN2/c13-15-9-4-2-1-3-7-12(15)11-6-5-8-14-10-11/h5-6,8,10,12H,1-4,7,9H2. The Hall–Kier alpha value is -0.600. The fourth-order valence-corrected chi connectivity index (χ4v) is 2.48. The van der Waals surface area contributed by atoms with Crippen LogP contribution in [0, 0.1) is 0 Å². The van der Waals surface area contributed by atoms with E-state index in [1.165, 1.54) is 31.2 Å². The summed E-state index contributed by atoms with van der Waals surface area (Å²) < 4.78 is 1.95. The van der Waals surface area contributed by atoms with E-state index in [4.69, 9.17) is 11.8 Å². The van der Waals surface area contributed by atoms with Gasteiger partial charge in [0, 0.05) is 18.9 Å². The molecule has 2 nitrogen and oxygen atoms in total. The summed E-state index contributed by atoms with van der Waals surface area (Å²) in [5.41, 5.74) is 1.24. The Morgan fingerprint density at radius 2 is 2.13 bits per heavy atom. The fraction of sp³-hybridized carbons (Fsp3) is 0.583. The molecule has 1 aromatic rings. The van der Waals surface area contributed by atoms with Crippen molar-refractivity contribution in [2.24, 2.45) is 0 Å². The minimum atomic E-state index is 0.348. The van der Waals surface area contributed by atoms with E-state index in [9.17, 15) is 0 Å². The highest BCUT2D eigenvalue weighted by atomic mass is 35.5. The van der Waals surface area contributed by atoms with Gasteiger partial charge in [0.25, 0.3) is 0 Å². The Labute approximate surface area is 96.4 Å². The lowest BCUT2D eigenvalue weighted by Gasteiger charge is -2.27. The van der Waals surface area contributed by atoms with E-state index in [1.807, 2.05) is 22.9 Å². The summed E-state index contributed by atoms with van der Waals surface area (Å²) >= 11 is 6.30. The molecule has 0 bridgehead atoms. The van der Waals surface area contributed by atoms with Crippen molar-refractivity contribution in [3.63, 3.8) is 0 Å². The van der Waals surface area contributed by atoms with E-state index < -0.39 is 0 Å². The Kier molecular flexibility index (Phi) is 3.98. The predicted molar refractivity (Wildman–Crippen MR) is 62.6 cm³/mol. The molecule has 1 unspecified atom stereocenters. The second-order valence-corrected chi connectivity index (χ2v) is 4.56. The van der Waals surface area contributed by atoms with Crippen LogP contribution in [0.1, 0.15) is 43.7 Å². The molecule has 1 aliphatic rings. The molecule has 0 spiro atoms. The van der Waals surface area contributed by atoms with Crippen LogP contribution in [-0.4, -0.2) is 15.9 Å². The highest BCUT2D eigenvalue weighted by Crippen LogP contribution is 2.30. The Morgan fingerprint density at radius 3 is 2.93 bits per heavy atom. The first kappa shape index (κ1) is 10.9. The van der Waals surface area contributed by atoms with Gasteiger partial charge in [-0.2, -0.15) is 0 Å². The number of pyridine rings is 1. The first-order chi connectivity index (χ1) is 7.38. The van der Waals surface area contributed by atoms with Crippen molar-refractivity contribution in [3.05, 3.63) is 30.1 Å². The molecule has 0 saturated carbocycles. The summed E-state index contributed by atoms with van der Waals surface area (Å²) in [7, 11) is 0. The molecule has 0 radical (unpaired) electrons. The third-order valence-corrected chi connectivity index (χ3v) is 3.41. The molecular formula is C12H17ClN2. The molecule has 1 aromatic heterocycles. The number of hydrogen-bond donors (Lipinski definition) is 0. The molecule has 2 heterocycles. The van der Waals surface area contributed by atoms with Crippen LogP contribution in [0.4, 0.5) is 0 Å². The zero-order chi connectivity index (χ0) is 10.5. The molecule has 1 fully saturated rings. The minimum Gasteiger partial charge on any atom is -0.264 e. The predicted octanol–water partition coefficient (Wildman–Crippen LogP) is 3.54. The molecule has 0 aliphatic carbocycles. The van der Waals surface area contributed by atoms with Gasteiger partial charge in [-0.25, -0.2) is 4.42 Å². The van der Waals surface area contributed by atoms with Crippen LogP contribution in [0.3, 0.4) is 0 Å². The van der Waals surface area contributed by atoms with E-state index in [-0.39, 0.29) is 0 Å². The quantitative estimate of drug-likeness (QED) is 0.679. The number of halogens is 1. The van der Waals surface area contributed by atoms with Gasteiger partial charge < -0.3 is 0 Å². The van der Waals surface area contributed by atoms with Crippen molar-refractivity contribution >= 4 is 11.8 Å². The zero-order valence-electron chi connectivity index (χ0n) is 8.90. The average Bonchev–Trinajstić information content (AvgIpc) is 2.25. The minimum absolute atomic E-state index is 0.348. The van der Waals surface area contributed by atoms with Crippen LogP contribution in [0.25, 0.3) is 0 Å². The second-order valence-electron chi connectivity index (χ2n) is 4.13. The average molecular weight is 225 g/mol. The summed E-state index contributed by atoms with van der Waals surface area (Å²) in [6, 6.07) is 4.45. The van der Waals surface area contributed by atoms with Gasteiger partial charge in [0.15, 0.2) is 0 Å². The third kappa shape index (κ3) is 2.93. The Balaban J connectivity index is 2.10. The normalized spacial score (nSPS) is 24.5. The highest BCUT2D eigenvalue weighted by Gasteiger charge is 2.19. The molecule has 0 N–H and O–H groups in total. The number of hydrogen-bond acceptors (Lipinski definition) is 2. The van der Waals surface area contributed by atoms with E-state index in [0.717, 1.165) is 13.0 Å². The molecule has 82 valence electrons. The van der Waals surface area contributed by atoms with Gasteiger partial charge in [-0.1, -0.05) is 25.3 Å². The van der Waals surface area contributed by atoms with Crippen molar-refractivity contribution in [2.45, 2.75) is 38.1 Å². The lowest BCUT2D eigenvalue weighted by atomic mass is 9.99. The van der Waals surface area contributed by atoms with Gasteiger partial charge in [0.05, 0.1) is 6.04 Å². The zero-order valence-corrected chi connectivity index (χ0v) is 9.66. The number of nitrogens with zero attached hydrogens (tertiary/aromatic N) is 2. The van der Waals surface area contributed by atoms with Gasteiger partial charge in [0.2, 0.25) is 0 Å². The number of rotatable bonds is 1. The van der Waals surface area contributed by atoms with E-state index in [0.29, 0.717) is 6.04 Å². The van der Waals surface area contributed by atoms with Gasteiger partial charge in [-0.05, 0) is 36.2 Å². The first-order valence-corrected chi connectivity index (χ1v) is 6.04. The largest absolute Gasteiger partial charge is 0.264 e. The van der Waals surface area contributed by atoms with Gasteiger partial charge in [-0.15, -0.1) is 0 Å². The van der Waals surface area contributed by atoms with Crippen molar-refractivity contribution < 1.29 is 0 Å². The van der Waals surface area contributed by atoms with Crippen LogP contribution < -0.4 is 0 Å². The van der Waals surface area contributed by atoms with E-state index in [1.54, 1.807) is 0 Å². The lowest BCUT2D eigenvalue weighted by Crippen LogP contribution is -2.22. The fourth-order valence-electron chi connectivity index (χ4n) is 2.15. The summed E-state index contributed by atoms with van der Waals surface area (Å²) in [5.74, 6) is 0. The molecule has 1 aliphatic heterocycles. The van der Waals surface area contributed by atoms with Crippen LogP contribution in [-0.2, 0) is 0 Å². The summed E-state index contributed by atoms with van der Waals surface area (Å²) in [6.45, 7) is 0.987. The summed E-state index contributed by atoms with van der Waals surface area (Å²) in [6.07, 6.45) is 10.0. The topological polar surface area (TPSA) is 16.1 Å². The SMILES string of the molecule is ClN1CCCCCCC1c1cccnc1. The maximum Gasteiger partial charge on any atom is 0.0516 e. The monoisotopic (exact) mass is 224 g/mol. The maximum absolute atomic E-state index is 6.30.